The van der Waals surface area contributed by atoms with Gasteiger partial charge in [0, 0.05) is 21.7 Å². The third-order valence-electron chi connectivity index (χ3n) is 4.84. The van der Waals surface area contributed by atoms with E-state index >= 15 is 0 Å². The first-order valence-electron chi connectivity index (χ1n) is 9.84. The minimum absolute atomic E-state index is 0.224. The summed E-state index contributed by atoms with van der Waals surface area (Å²) >= 11 is 1.57. The lowest BCUT2D eigenvalue weighted by molar-refractivity contribution is 0.594. The van der Waals surface area contributed by atoms with Crippen molar-refractivity contribution >= 4 is 38.3 Å². The van der Waals surface area contributed by atoms with Crippen LogP contribution in [0.3, 0.4) is 0 Å². The third kappa shape index (κ3) is 4.80. The van der Waals surface area contributed by atoms with Gasteiger partial charge in [-0.2, -0.15) is 0 Å². The molecule has 0 saturated carbocycles. The molecular weight excluding hydrogens is 458 g/mol. The van der Waals surface area contributed by atoms with E-state index in [0.29, 0.717) is 10.6 Å². The summed E-state index contributed by atoms with van der Waals surface area (Å²) in [6.07, 6.45) is 0. The number of sulfonamides is 1. The molecule has 0 aliphatic rings. The quantitative estimate of drug-likeness (QED) is 0.335. The van der Waals surface area contributed by atoms with Crippen molar-refractivity contribution in [3.8, 4) is 0 Å². The van der Waals surface area contributed by atoms with Crippen molar-refractivity contribution in [2.75, 3.05) is 11.4 Å². The van der Waals surface area contributed by atoms with Crippen LogP contribution in [0.1, 0.15) is 0 Å². The van der Waals surface area contributed by atoms with E-state index in [2.05, 4.69) is 0 Å². The fourth-order valence-corrected chi connectivity index (χ4v) is 6.62. The van der Waals surface area contributed by atoms with Gasteiger partial charge in [0.15, 0.2) is 0 Å². The van der Waals surface area contributed by atoms with Gasteiger partial charge in [-0.3, -0.25) is 4.31 Å². The summed E-state index contributed by atoms with van der Waals surface area (Å²) in [5.74, 6) is 0. The molecule has 4 nitrogen and oxygen atoms in total. The highest BCUT2D eigenvalue weighted by atomic mass is 32.2. The molecule has 7 heteroatoms. The second kappa shape index (κ2) is 9.73. The first-order chi connectivity index (χ1) is 15.5. The molecule has 0 bridgehead atoms. The van der Waals surface area contributed by atoms with Crippen molar-refractivity contribution < 1.29 is 12.6 Å². The van der Waals surface area contributed by atoms with Gasteiger partial charge in [-0.15, -0.1) is 0 Å². The minimum Gasteiger partial charge on any atom is -0.269 e. The van der Waals surface area contributed by atoms with E-state index in [0.717, 1.165) is 14.7 Å². The van der Waals surface area contributed by atoms with Crippen LogP contribution in [0.2, 0.25) is 0 Å². The van der Waals surface area contributed by atoms with Crippen LogP contribution in [0.15, 0.2) is 134 Å². The lowest BCUT2D eigenvalue weighted by atomic mass is 10.3. The number of nitrogens with zero attached hydrogens (tertiary/aromatic N) is 1. The molecule has 0 N–H and O–H groups in total. The Labute approximate surface area is 195 Å². The zero-order valence-corrected chi connectivity index (χ0v) is 19.7. The van der Waals surface area contributed by atoms with Gasteiger partial charge in [-0.25, -0.2) is 12.6 Å². The molecule has 0 spiro atoms. The fourth-order valence-electron chi connectivity index (χ4n) is 3.10. The van der Waals surface area contributed by atoms with Crippen LogP contribution >= 0.6 is 11.8 Å². The first-order valence-corrected chi connectivity index (χ1v) is 13.3. The van der Waals surface area contributed by atoms with Crippen molar-refractivity contribution in [1.82, 2.24) is 0 Å². The molecule has 0 saturated heterocycles. The predicted molar refractivity (Wildman–Crippen MR) is 130 cm³/mol. The fraction of sp³-hybridized carbons (Fsp3) is 0.0400. The average Bonchev–Trinajstić information content (AvgIpc) is 2.85. The SMILES string of the molecule is CN(c1ccc(S(=O)c2ccccc2Sc2ccccc2)cc1)S(=O)(=O)c1ccccc1. The Morgan fingerprint density at radius 3 is 1.94 bits per heavy atom. The monoisotopic (exact) mass is 479 g/mol. The van der Waals surface area contributed by atoms with Crippen LogP contribution < -0.4 is 4.31 Å². The maximum atomic E-state index is 13.3. The highest BCUT2D eigenvalue weighted by Gasteiger charge is 2.21. The van der Waals surface area contributed by atoms with Crippen molar-refractivity contribution in [3.63, 3.8) is 0 Å². The van der Waals surface area contributed by atoms with Crippen molar-refractivity contribution in [2.45, 2.75) is 24.5 Å². The molecule has 0 radical (unpaired) electrons. The lowest BCUT2D eigenvalue weighted by Gasteiger charge is -2.19. The molecule has 4 aromatic rings. The molecule has 4 aromatic carbocycles. The molecule has 0 aliphatic carbocycles. The highest BCUT2D eigenvalue weighted by molar-refractivity contribution is 8.00. The third-order valence-corrected chi connectivity index (χ3v) is 9.30. The standard InChI is InChI=1S/C25H21NO3S3/c1-26(32(28,29)23-12-6-3-7-13-23)20-16-18-22(19-17-20)31(27)25-15-9-8-14-24(25)30-21-10-4-2-5-11-21/h2-19H,1H3. The number of hydrogen-bond donors (Lipinski definition) is 0. The maximum Gasteiger partial charge on any atom is 0.264 e. The summed E-state index contributed by atoms with van der Waals surface area (Å²) in [5.41, 5.74) is 0.501. The molecule has 0 fully saturated rings. The molecule has 4 rings (SSSR count). The van der Waals surface area contributed by atoms with Gasteiger partial charge in [0.25, 0.3) is 10.0 Å². The van der Waals surface area contributed by atoms with Gasteiger partial charge in [-0.1, -0.05) is 60.3 Å². The van der Waals surface area contributed by atoms with Crippen molar-refractivity contribution in [2.24, 2.45) is 0 Å². The van der Waals surface area contributed by atoms with Crippen LogP contribution in [-0.2, 0) is 20.8 Å². The normalized spacial score (nSPS) is 12.3. The van der Waals surface area contributed by atoms with E-state index in [1.54, 1.807) is 66.4 Å². The first kappa shape index (κ1) is 22.3. The van der Waals surface area contributed by atoms with E-state index in [1.807, 2.05) is 54.6 Å². The average molecular weight is 480 g/mol. The Morgan fingerprint density at radius 2 is 1.28 bits per heavy atom. The molecular formula is C25H21NO3S3. The molecule has 1 atom stereocenters. The number of hydrogen-bond acceptors (Lipinski definition) is 4. The van der Waals surface area contributed by atoms with Gasteiger partial charge in [-0.05, 0) is 60.7 Å². The van der Waals surface area contributed by atoms with E-state index in [1.165, 1.54) is 11.4 Å². The van der Waals surface area contributed by atoms with Crippen molar-refractivity contribution in [1.29, 1.82) is 0 Å². The maximum absolute atomic E-state index is 13.3. The second-order valence-electron chi connectivity index (χ2n) is 6.91. The Balaban J connectivity index is 1.58. The molecule has 32 heavy (non-hydrogen) atoms. The number of rotatable bonds is 7. The second-order valence-corrected chi connectivity index (χ2v) is 11.4. The Morgan fingerprint density at radius 1 is 0.719 bits per heavy atom. The summed E-state index contributed by atoms with van der Waals surface area (Å²) in [4.78, 5) is 3.55. The van der Waals surface area contributed by atoms with Gasteiger partial charge in [0.1, 0.15) is 0 Å². The van der Waals surface area contributed by atoms with Crippen LogP contribution in [-0.4, -0.2) is 19.7 Å². The highest BCUT2D eigenvalue weighted by Crippen LogP contribution is 2.34. The molecule has 162 valence electrons. The van der Waals surface area contributed by atoms with Crippen LogP contribution in [0.25, 0.3) is 0 Å². The minimum atomic E-state index is -3.66. The molecule has 0 heterocycles. The number of benzene rings is 4. The van der Waals surface area contributed by atoms with E-state index in [4.69, 9.17) is 0 Å². The van der Waals surface area contributed by atoms with E-state index < -0.39 is 20.8 Å². The van der Waals surface area contributed by atoms with E-state index in [-0.39, 0.29) is 4.90 Å². The summed E-state index contributed by atoms with van der Waals surface area (Å²) in [5, 5.41) is 0. The zero-order chi connectivity index (χ0) is 22.6. The largest absolute Gasteiger partial charge is 0.269 e. The lowest BCUT2D eigenvalue weighted by Crippen LogP contribution is -2.26. The Hall–Kier alpha value is -2.87. The van der Waals surface area contributed by atoms with Crippen LogP contribution in [0.4, 0.5) is 5.69 Å². The Bertz CT molecular complexity index is 1320. The predicted octanol–water partition coefficient (Wildman–Crippen LogP) is 5.83. The topological polar surface area (TPSA) is 54.5 Å². The molecule has 1 unspecified atom stereocenters. The zero-order valence-electron chi connectivity index (χ0n) is 17.3. The van der Waals surface area contributed by atoms with Crippen molar-refractivity contribution in [3.05, 3.63) is 109 Å². The molecule has 0 aromatic heterocycles. The van der Waals surface area contributed by atoms with Gasteiger partial charge in [0.05, 0.1) is 26.3 Å². The molecule has 0 amide bonds. The summed E-state index contributed by atoms with van der Waals surface area (Å²) in [7, 11) is -3.55. The number of anilines is 1. The summed E-state index contributed by atoms with van der Waals surface area (Å²) in [6.45, 7) is 0. The summed E-state index contributed by atoms with van der Waals surface area (Å²) in [6, 6.07) is 32.6. The molecule has 0 aliphatic heterocycles. The summed E-state index contributed by atoms with van der Waals surface area (Å²) < 4.78 is 40.3. The van der Waals surface area contributed by atoms with Gasteiger partial charge in [0.2, 0.25) is 0 Å². The van der Waals surface area contributed by atoms with Crippen LogP contribution in [0, 0.1) is 0 Å². The van der Waals surface area contributed by atoms with Crippen LogP contribution in [0.5, 0.6) is 0 Å². The van der Waals surface area contributed by atoms with Gasteiger partial charge < -0.3 is 0 Å². The Kier molecular flexibility index (Phi) is 6.79. The van der Waals surface area contributed by atoms with E-state index in [9.17, 15) is 12.6 Å². The smallest absolute Gasteiger partial charge is 0.264 e. The van der Waals surface area contributed by atoms with Gasteiger partial charge >= 0.3 is 0 Å².